The Bertz CT molecular complexity index is 672. The molecule has 1 aromatic rings. The number of nitrogens with zero attached hydrogens (tertiary/aromatic N) is 1. The molecule has 1 aliphatic carbocycles. The average Bonchev–Trinajstić information content (AvgIpc) is 2.52. The number of carbonyl (C=O) groups is 1. The number of benzene rings is 1. The van der Waals surface area contributed by atoms with Gasteiger partial charge in [-0.3, -0.25) is 9.10 Å². The highest BCUT2D eigenvalue weighted by Gasteiger charge is 2.29. The second-order valence-electron chi connectivity index (χ2n) is 6.46. The zero-order valence-electron chi connectivity index (χ0n) is 14.2. The number of amides is 1. The van der Waals surface area contributed by atoms with Crippen LogP contribution in [0.25, 0.3) is 0 Å². The van der Waals surface area contributed by atoms with Crippen LogP contribution >= 0.6 is 11.6 Å². The zero-order valence-corrected chi connectivity index (χ0v) is 15.7. The first kappa shape index (κ1) is 19.1. The minimum absolute atomic E-state index is 0.286. The van der Waals surface area contributed by atoms with E-state index in [0.29, 0.717) is 23.2 Å². The fraction of sp³-hybridized carbons (Fsp3) is 0.588. The molecule has 24 heavy (non-hydrogen) atoms. The molecule has 0 unspecified atom stereocenters. The van der Waals surface area contributed by atoms with E-state index in [0.717, 1.165) is 23.4 Å². The van der Waals surface area contributed by atoms with Crippen LogP contribution in [0.4, 0.5) is 5.69 Å². The Kier molecular flexibility index (Phi) is 6.52. The minimum Gasteiger partial charge on any atom is -0.354 e. The predicted octanol–water partition coefficient (Wildman–Crippen LogP) is 3.19. The molecular formula is C17H25ClN2O3S. The van der Waals surface area contributed by atoms with Crippen molar-refractivity contribution in [3.63, 3.8) is 0 Å². The number of halogens is 1. The molecule has 0 saturated heterocycles. The maximum atomic E-state index is 12.5. The highest BCUT2D eigenvalue weighted by molar-refractivity contribution is 7.92. The number of nitrogens with one attached hydrogen (secondary N) is 1. The van der Waals surface area contributed by atoms with Crippen molar-refractivity contribution < 1.29 is 13.2 Å². The molecule has 1 amide bonds. The van der Waals surface area contributed by atoms with Crippen LogP contribution < -0.4 is 9.62 Å². The molecule has 7 heteroatoms. The monoisotopic (exact) mass is 372 g/mol. The summed E-state index contributed by atoms with van der Waals surface area (Å²) in [6, 6.07) is 5.69. The van der Waals surface area contributed by atoms with Crippen molar-refractivity contribution in [3.05, 3.63) is 29.3 Å². The van der Waals surface area contributed by atoms with Gasteiger partial charge in [-0.25, -0.2) is 8.42 Å². The molecule has 1 aliphatic rings. The summed E-state index contributed by atoms with van der Waals surface area (Å²) in [6.07, 6.45) is 7.01. The Balaban J connectivity index is 2.09. The lowest BCUT2D eigenvalue weighted by Gasteiger charge is -2.29. The fourth-order valence-corrected chi connectivity index (χ4v) is 4.56. The van der Waals surface area contributed by atoms with Crippen LogP contribution in [0, 0.1) is 5.92 Å². The van der Waals surface area contributed by atoms with Gasteiger partial charge in [0.1, 0.15) is 6.04 Å². The van der Waals surface area contributed by atoms with Gasteiger partial charge < -0.3 is 5.32 Å². The lowest BCUT2D eigenvalue weighted by molar-refractivity contribution is -0.122. The molecule has 1 atom stereocenters. The van der Waals surface area contributed by atoms with Gasteiger partial charge in [-0.1, -0.05) is 36.9 Å². The van der Waals surface area contributed by atoms with Crippen LogP contribution in [0.2, 0.25) is 5.02 Å². The average molecular weight is 373 g/mol. The molecule has 0 aliphatic heterocycles. The summed E-state index contributed by atoms with van der Waals surface area (Å²) in [7, 11) is -3.61. The number of anilines is 1. The van der Waals surface area contributed by atoms with Crippen molar-refractivity contribution in [2.45, 2.75) is 45.1 Å². The first-order valence-corrected chi connectivity index (χ1v) is 10.5. The van der Waals surface area contributed by atoms with E-state index in [2.05, 4.69) is 5.32 Å². The summed E-state index contributed by atoms with van der Waals surface area (Å²) in [6.45, 7) is 2.20. The zero-order chi connectivity index (χ0) is 17.7. The van der Waals surface area contributed by atoms with Crippen molar-refractivity contribution >= 4 is 33.2 Å². The van der Waals surface area contributed by atoms with Crippen molar-refractivity contribution in [2.75, 3.05) is 17.1 Å². The normalized spacial score (nSPS) is 17.3. The highest BCUT2D eigenvalue weighted by Crippen LogP contribution is 2.25. The van der Waals surface area contributed by atoms with Crippen molar-refractivity contribution in [3.8, 4) is 0 Å². The maximum absolute atomic E-state index is 12.5. The van der Waals surface area contributed by atoms with Crippen LogP contribution in [0.5, 0.6) is 0 Å². The summed E-state index contributed by atoms with van der Waals surface area (Å²) in [5, 5.41) is 3.34. The van der Waals surface area contributed by atoms with Crippen molar-refractivity contribution in [1.82, 2.24) is 5.32 Å². The van der Waals surface area contributed by atoms with Crippen molar-refractivity contribution in [2.24, 2.45) is 5.92 Å². The standard InChI is InChI=1S/C17H25ClN2O3S/c1-13(17(21)19-12-14-7-4-3-5-8-14)20(24(2,22)23)16-10-6-9-15(18)11-16/h6,9-11,13-14H,3-5,7-8,12H2,1-2H3,(H,19,21)/t13-/m1/s1. The lowest BCUT2D eigenvalue weighted by Crippen LogP contribution is -2.48. The van der Waals surface area contributed by atoms with Crippen LogP contribution in [0.1, 0.15) is 39.0 Å². The van der Waals surface area contributed by atoms with Gasteiger partial charge in [-0.15, -0.1) is 0 Å². The summed E-state index contributed by atoms with van der Waals surface area (Å²) >= 11 is 5.96. The molecular weight excluding hydrogens is 348 g/mol. The Labute approximate surface area is 149 Å². The number of carbonyl (C=O) groups excluding carboxylic acids is 1. The number of rotatable bonds is 6. The van der Waals surface area contributed by atoms with Gasteiger partial charge in [-0.05, 0) is 43.9 Å². The van der Waals surface area contributed by atoms with Crippen LogP contribution in [-0.2, 0) is 14.8 Å². The molecule has 1 aromatic carbocycles. The maximum Gasteiger partial charge on any atom is 0.243 e. The summed E-state index contributed by atoms with van der Waals surface area (Å²) in [5.41, 5.74) is 0.394. The highest BCUT2D eigenvalue weighted by atomic mass is 35.5. The molecule has 0 heterocycles. The quantitative estimate of drug-likeness (QED) is 0.833. The molecule has 1 saturated carbocycles. The Morgan fingerprint density at radius 1 is 1.33 bits per heavy atom. The fourth-order valence-electron chi connectivity index (χ4n) is 3.21. The molecule has 0 spiro atoms. The van der Waals surface area contributed by atoms with E-state index in [1.165, 1.54) is 19.3 Å². The van der Waals surface area contributed by atoms with Gasteiger partial charge >= 0.3 is 0 Å². The largest absolute Gasteiger partial charge is 0.354 e. The van der Waals surface area contributed by atoms with Gasteiger partial charge in [0.2, 0.25) is 15.9 Å². The SMILES string of the molecule is C[C@H](C(=O)NCC1CCCCC1)N(c1cccc(Cl)c1)S(C)(=O)=O. The topological polar surface area (TPSA) is 66.5 Å². The van der Waals surface area contributed by atoms with Gasteiger partial charge in [-0.2, -0.15) is 0 Å². The molecule has 134 valence electrons. The van der Waals surface area contributed by atoms with Crippen LogP contribution in [0.15, 0.2) is 24.3 Å². The second-order valence-corrected chi connectivity index (χ2v) is 8.76. The molecule has 0 radical (unpaired) electrons. The van der Waals surface area contributed by atoms with Crippen LogP contribution in [-0.4, -0.2) is 33.2 Å². The summed E-state index contributed by atoms with van der Waals surface area (Å²) < 4.78 is 25.5. The number of hydrogen-bond acceptors (Lipinski definition) is 3. The molecule has 0 aromatic heterocycles. The smallest absolute Gasteiger partial charge is 0.243 e. The summed E-state index contributed by atoms with van der Waals surface area (Å²) in [5.74, 6) is 0.207. The lowest BCUT2D eigenvalue weighted by atomic mass is 9.89. The predicted molar refractivity (Wildman–Crippen MR) is 97.8 cm³/mol. The third-order valence-electron chi connectivity index (χ3n) is 4.44. The van der Waals surface area contributed by atoms with Gasteiger partial charge in [0.15, 0.2) is 0 Å². The molecule has 2 rings (SSSR count). The first-order chi connectivity index (χ1) is 11.3. The number of sulfonamides is 1. The van der Waals surface area contributed by atoms with E-state index >= 15 is 0 Å². The molecule has 5 nitrogen and oxygen atoms in total. The third-order valence-corrected chi connectivity index (χ3v) is 5.92. The third kappa shape index (κ3) is 5.11. The molecule has 1 fully saturated rings. The Morgan fingerprint density at radius 3 is 2.58 bits per heavy atom. The molecule has 0 bridgehead atoms. The summed E-state index contributed by atoms with van der Waals surface area (Å²) in [4.78, 5) is 12.5. The van der Waals surface area contributed by atoms with E-state index in [4.69, 9.17) is 11.6 Å². The van der Waals surface area contributed by atoms with E-state index in [9.17, 15) is 13.2 Å². The van der Waals surface area contributed by atoms with E-state index in [1.54, 1.807) is 31.2 Å². The first-order valence-electron chi connectivity index (χ1n) is 8.31. The Hall–Kier alpha value is -1.27. The van der Waals surface area contributed by atoms with Gasteiger partial charge in [0, 0.05) is 11.6 Å². The van der Waals surface area contributed by atoms with Gasteiger partial charge in [0.05, 0.1) is 11.9 Å². The second kappa shape index (κ2) is 8.21. The van der Waals surface area contributed by atoms with Gasteiger partial charge in [0.25, 0.3) is 0 Å². The Morgan fingerprint density at radius 2 is 2.00 bits per heavy atom. The van der Waals surface area contributed by atoms with E-state index < -0.39 is 16.1 Å². The number of hydrogen-bond donors (Lipinski definition) is 1. The van der Waals surface area contributed by atoms with Crippen molar-refractivity contribution in [1.29, 1.82) is 0 Å². The minimum atomic E-state index is -3.61. The van der Waals surface area contributed by atoms with E-state index in [-0.39, 0.29) is 5.91 Å². The van der Waals surface area contributed by atoms with E-state index in [1.807, 2.05) is 0 Å². The van der Waals surface area contributed by atoms with Crippen LogP contribution in [0.3, 0.4) is 0 Å². The molecule has 1 N–H and O–H groups in total.